The van der Waals surface area contributed by atoms with Gasteiger partial charge in [-0.2, -0.15) is 0 Å². The van der Waals surface area contributed by atoms with Crippen LogP contribution in [0.1, 0.15) is 26.9 Å². The molecule has 4 heteroatoms. The van der Waals surface area contributed by atoms with Crippen LogP contribution < -0.4 is 4.74 Å². The van der Waals surface area contributed by atoms with Crippen LogP contribution in [0.4, 0.5) is 4.39 Å². The Kier molecular flexibility index (Phi) is 4.40. The van der Waals surface area contributed by atoms with Crippen LogP contribution in [-0.2, 0) is 0 Å². The fourth-order valence-corrected chi connectivity index (χ4v) is 2.20. The summed E-state index contributed by atoms with van der Waals surface area (Å²) in [5.41, 5.74) is 1.93. The predicted molar refractivity (Wildman–Crippen MR) is 77.1 cm³/mol. The summed E-state index contributed by atoms with van der Waals surface area (Å²) < 4.78 is 18.1. The summed E-state index contributed by atoms with van der Waals surface area (Å²) in [6, 6.07) is 10.9. The van der Waals surface area contributed by atoms with E-state index >= 15 is 0 Å². The van der Waals surface area contributed by atoms with Gasteiger partial charge in [-0.1, -0.05) is 23.8 Å². The highest BCUT2D eigenvalue weighted by Gasteiger charge is 2.22. The van der Waals surface area contributed by atoms with Gasteiger partial charge in [0, 0.05) is 0 Å². The third-order valence-electron chi connectivity index (χ3n) is 3.01. The molecule has 0 fully saturated rings. The summed E-state index contributed by atoms with van der Waals surface area (Å²) in [4.78, 5) is 12.5. The number of ketones is 1. The second-order valence-electron chi connectivity index (χ2n) is 4.48. The Labute approximate surface area is 122 Å². The highest BCUT2D eigenvalue weighted by atomic mass is 35.5. The largest absolute Gasteiger partial charge is 0.496 e. The Hall–Kier alpha value is -1.87. The van der Waals surface area contributed by atoms with Crippen molar-refractivity contribution < 1.29 is 13.9 Å². The van der Waals surface area contributed by atoms with E-state index in [9.17, 15) is 9.18 Å². The number of halogens is 2. The molecular weight excluding hydrogens is 279 g/mol. The third-order valence-corrected chi connectivity index (χ3v) is 3.46. The number of benzene rings is 2. The minimum Gasteiger partial charge on any atom is -0.496 e. The molecule has 0 radical (unpaired) electrons. The first-order chi connectivity index (χ1) is 9.52. The highest BCUT2D eigenvalue weighted by Crippen LogP contribution is 2.30. The second-order valence-corrected chi connectivity index (χ2v) is 4.92. The lowest BCUT2D eigenvalue weighted by Gasteiger charge is -2.12. The average molecular weight is 293 g/mol. The molecule has 104 valence electrons. The number of hydrogen-bond acceptors (Lipinski definition) is 2. The number of alkyl halides is 1. The van der Waals surface area contributed by atoms with Gasteiger partial charge in [0.25, 0.3) is 0 Å². The van der Waals surface area contributed by atoms with E-state index in [0.29, 0.717) is 16.9 Å². The molecule has 2 aromatic rings. The summed E-state index contributed by atoms with van der Waals surface area (Å²) in [6.45, 7) is 1.89. The van der Waals surface area contributed by atoms with E-state index in [1.165, 1.54) is 31.4 Å². The summed E-state index contributed by atoms with van der Waals surface area (Å²) in [7, 11) is 1.50. The smallest absolute Gasteiger partial charge is 0.188 e. The topological polar surface area (TPSA) is 26.3 Å². The van der Waals surface area contributed by atoms with Crippen LogP contribution in [0, 0.1) is 12.7 Å². The fraction of sp³-hybridized carbons (Fsp3) is 0.188. The quantitative estimate of drug-likeness (QED) is 0.620. The van der Waals surface area contributed by atoms with E-state index in [1.54, 1.807) is 12.1 Å². The number of rotatable bonds is 4. The lowest BCUT2D eigenvalue weighted by molar-refractivity contribution is 0.0984. The Bertz CT molecular complexity index is 623. The van der Waals surface area contributed by atoms with E-state index in [4.69, 9.17) is 16.3 Å². The monoisotopic (exact) mass is 292 g/mol. The number of hydrogen-bond donors (Lipinski definition) is 0. The SMILES string of the molecule is COc1ccc(C)cc1C(=O)C(Cl)c1ccc(F)cc1. The van der Waals surface area contributed by atoms with Crippen LogP contribution in [-0.4, -0.2) is 12.9 Å². The van der Waals surface area contributed by atoms with Gasteiger partial charge >= 0.3 is 0 Å². The minimum absolute atomic E-state index is 0.265. The van der Waals surface area contributed by atoms with Crippen LogP contribution in [0.5, 0.6) is 5.75 Å². The molecule has 20 heavy (non-hydrogen) atoms. The molecular formula is C16H14ClFO2. The maximum atomic E-state index is 12.9. The minimum atomic E-state index is -0.869. The highest BCUT2D eigenvalue weighted by molar-refractivity contribution is 6.34. The van der Waals surface area contributed by atoms with Crippen LogP contribution >= 0.6 is 11.6 Å². The second kappa shape index (κ2) is 6.06. The first kappa shape index (κ1) is 14.5. The van der Waals surface area contributed by atoms with E-state index < -0.39 is 5.38 Å². The van der Waals surface area contributed by atoms with Crippen molar-refractivity contribution in [2.45, 2.75) is 12.3 Å². The molecule has 1 atom stereocenters. The molecule has 0 saturated heterocycles. The van der Waals surface area contributed by atoms with Gasteiger partial charge < -0.3 is 4.74 Å². The van der Waals surface area contributed by atoms with Gasteiger partial charge in [-0.05, 0) is 36.8 Å². The van der Waals surface area contributed by atoms with Gasteiger partial charge in [-0.25, -0.2) is 4.39 Å². The van der Waals surface area contributed by atoms with Crippen molar-refractivity contribution in [2.24, 2.45) is 0 Å². The molecule has 0 saturated carbocycles. The van der Waals surface area contributed by atoms with Crippen molar-refractivity contribution >= 4 is 17.4 Å². The zero-order valence-electron chi connectivity index (χ0n) is 11.2. The van der Waals surface area contributed by atoms with Gasteiger partial charge in [0.05, 0.1) is 12.7 Å². The summed E-state index contributed by atoms with van der Waals surface area (Å²) >= 11 is 6.20. The van der Waals surface area contributed by atoms with Gasteiger partial charge in [-0.3, -0.25) is 4.79 Å². The van der Waals surface area contributed by atoms with Crippen molar-refractivity contribution in [2.75, 3.05) is 7.11 Å². The molecule has 0 amide bonds. The number of carbonyl (C=O) groups is 1. The summed E-state index contributed by atoms with van der Waals surface area (Å²) in [5.74, 6) is -0.148. The molecule has 0 aliphatic carbocycles. The van der Waals surface area contributed by atoms with E-state index in [0.717, 1.165) is 5.56 Å². The molecule has 0 aliphatic heterocycles. The van der Waals surface area contributed by atoms with E-state index in [-0.39, 0.29) is 11.6 Å². The van der Waals surface area contributed by atoms with Crippen molar-refractivity contribution in [1.29, 1.82) is 0 Å². The zero-order chi connectivity index (χ0) is 14.7. The number of aryl methyl sites for hydroxylation is 1. The molecule has 0 bridgehead atoms. The van der Waals surface area contributed by atoms with Crippen LogP contribution in [0.3, 0.4) is 0 Å². The van der Waals surface area contributed by atoms with E-state index in [1.807, 2.05) is 13.0 Å². The Morgan fingerprint density at radius 3 is 2.45 bits per heavy atom. The van der Waals surface area contributed by atoms with Crippen LogP contribution in [0.15, 0.2) is 42.5 Å². The zero-order valence-corrected chi connectivity index (χ0v) is 11.9. The Balaban J connectivity index is 2.35. The third kappa shape index (κ3) is 2.99. The van der Waals surface area contributed by atoms with Crippen LogP contribution in [0.2, 0.25) is 0 Å². The van der Waals surface area contributed by atoms with Gasteiger partial charge in [-0.15, -0.1) is 11.6 Å². The lowest BCUT2D eigenvalue weighted by atomic mass is 10.00. The molecule has 0 aliphatic rings. The van der Waals surface area contributed by atoms with Crippen LogP contribution in [0.25, 0.3) is 0 Å². The maximum absolute atomic E-state index is 12.9. The van der Waals surface area contributed by atoms with Gasteiger partial charge in [0.1, 0.15) is 16.9 Å². The Morgan fingerprint density at radius 2 is 1.85 bits per heavy atom. The fourth-order valence-electron chi connectivity index (χ4n) is 1.93. The average Bonchev–Trinajstić information content (AvgIpc) is 2.46. The van der Waals surface area contributed by atoms with Gasteiger partial charge in [0.15, 0.2) is 5.78 Å². The summed E-state index contributed by atoms with van der Waals surface area (Å²) in [6.07, 6.45) is 0. The standard InChI is InChI=1S/C16H14ClFO2/c1-10-3-8-14(20-2)13(9-10)16(19)15(17)11-4-6-12(18)7-5-11/h3-9,15H,1-2H3. The number of ether oxygens (including phenoxy) is 1. The van der Waals surface area contributed by atoms with Crippen molar-refractivity contribution in [3.63, 3.8) is 0 Å². The number of Topliss-reactive ketones (excluding diaryl/α,β-unsaturated/α-hetero) is 1. The first-order valence-corrected chi connectivity index (χ1v) is 6.55. The predicted octanol–water partition coefficient (Wildman–Crippen LogP) is 4.31. The van der Waals surface area contributed by atoms with E-state index in [2.05, 4.69) is 0 Å². The lowest BCUT2D eigenvalue weighted by Crippen LogP contribution is -2.09. The molecule has 0 aromatic heterocycles. The van der Waals surface area contributed by atoms with Gasteiger partial charge in [0.2, 0.25) is 0 Å². The first-order valence-electron chi connectivity index (χ1n) is 6.11. The number of methoxy groups -OCH3 is 1. The van der Waals surface area contributed by atoms with Crippen molar-refractivity contribution in [3.05, 3.63) is 65.0 Å². The molecule has 0 spiro atoms. The normalized spacial score (nSPS) is 12.0. The van der Waals surface area contributed by atoms with Crippen molar-refractivity contribution in [1.82, 2.24) is 0 Å². The maximum Gasteiger partial charge on any atom is 0.188 e. The molecule has 1 unspecified atom stereocenters. The van der Waals surface area contributed by atoms with Crippen molar-refractivity contribution in [3.8, 4) is 5.75 Å². The molecule has 2 nitrogen and oxygen atoms in total. The molecule has 2 rings (SSSR count). The molecule has 2 aromatic carbocycles. The number of carbonyl (C=O) groups excluding carboxylic acids is 1. The Morgan fingerprint density at radius 1 is 1.20 bits per heavy atom. The molecule has 0 heterocycles. The molecule has 0 N–H and O–H groups in total. The summed E-state index contributed by atoms with van der Waals surface area (Å²) in [5, 5.41) is -0.869.